The van der Waals surface area contributed by atoms with Gasteiger partial charge in [0.1, 0.15) is 6.33 Å². The Balaban J connectivity index is 1.47. The highest BCUT2D eigenvalue weighted by atomic mass is 16.8. The zero-order chi connectivity index (χ0) is 30.4. The molecule has 1 saturated heterocycles. The van der Waals surface area contributed by atoms with Crippen LogP contribution in [0.25, 0.3) is 11.2 Å². The number of aromatic nitrogens is 8. The van der Waals surface area contributed by atoms with E-state index in [1.165, 1.54) is 4.80 Å². The van der Waals surface area contributed by atoms with Crippen molar-refractivity contribution in [3.63, 3.8) is 0 Å². The summed E-state index contributed by atoms with van der Waals surface area (Å²) in [6.45, 7) is 1.77. The Bertz CT molecular complexity index is 1710. The van der Waals surface area contributed by atoms with Crippen LogP contribution in [0.3, 0.4) is 0 Å². The molecule has 2 aliphatic heterocycles. The number of aliphatic hydroxyl groups is 3. The minimum absolute atomic E-state index is 0.0116. The van der Waals surface area contributed by atoms with Crippen LogP contribution >= 0.6 is 0 Å². The molecule has 18 nitrogen and oxygen atoms in total. The lowest BCUT2D eigenvalue weighted by Gasteiger charge is -2.39. The van der Waals surface area contributed by atoms with Gasteiger partial charge >= 0.3 is 23.6 Å². The quantitative estimate of drug-likeness (QED) is 0.146. The second-order valence-electron chi connectivity index (χ2n) is 9.71. The maximum absolute atomic E-state index is 12.8. The zero-order valence-electron chi connectivity index (χ0n) is 22.5. The number of fused-ring (bicyclic) bond motifs is 2. The van der Waals surface area contributed by atoms with Crippen molar-refractivity contribution in [2.24, 2.45) is 0 Å². The highest BCUT2D eigenvalue weighted by molar-refractivity contribution is 5.92. The van der Waals surface area contributed by atoms with Gasteiger partial charge in [-0.25, -0.2) is 19.1 Å². The molecule has 0 saturated carbocycles. The lowest BCUT2D eigenvalue weighted by Crippen LogP contribution is -2.62. The summed E-state index contributed by atoms with van der Waals surface area (Å²) in [7, 11) is 0. The van der Waals surface area contributed by atoms with E-state index in [0.717, 1.165) is 22.5 Å². The molecular weight excluding hydrogens is 568 g/mol. The number of aliphatic hydroxyl groups excluding tert-OH is 2. The largest absolute Gasteiger partial charge is 0.418 e. The molecule has 0 radical (unpaired) electrons. The number of carbonyl (C=O) groups is 2. The summed E-state index contributed by atoms with van der Waals surface area (Å²) in [5, 5.41) is 48.0. The number of aryl methyl sites for hydroxylation is 1. The molecule has 5 heterocycles. The monoisotopic (exact) mass is 594 g/mol. The van der Waals surface area contributed by atoms with Crippen molar-refractivity contribution in [1.82, 2.24) is 39.7 Å². The van der Waals surface area contributed by atoms with E-state index in [4.69, 9.17) is 19.9 Å². The number of hydrogen-bond donors (Lipinski definition) is 5. The summed E-state index contributed by atoms with van der Waals surface area (Å²) < 4.78 is 17.8. The van der Waals surface area contributed by atoms with Crippen LogP contribution in [0.5, 0.6) is 0 Å². The average molecular weight is 595 g/mol. The number of carbonyl (C=O) groups excluding carboxylic acids is 2. The Morgan fingerprint density at radius 2 is 1.88 bits per heavy atom. The van der Waals surface area contributed by atoms with Gasteiger partial charge in [-0.2, -0.15) is 14.8 Å². The topological polar surface area (TPSA) is 248 Å². The van der Waals surface area contributed by atoms with Crippen LogP contribution in [0.2, 0.25) is 0 Å². The number of tetrazole rings is 1. The Morgan fingerprint density at radius 1 is 1.14 bits per heavy atom. The summed E-state index contributed by atoms with van der Waals surface area (Å²) in [4.78, 5) is 39.4. The second-order valence-corrected chi connectivity index (χ2v) is 9.71. The molecule has 0 bridgehead atoms. The van der Waals surface area contributed by atoms with Crippen LogP contribution in [0.4, 0.5) is 11.8 Å². The van der Waals surface area contributed by atoms with Crippen molar-refractivity contribution in [3.8, 4) is 0 Å². The van der Waals surface area contributed by atoms with Gasteiger partial charge in [0.2, 0.25) is 11.8 Å². The maximum atomic E-state index is 12.8. The Morgan fingerprint density at radius 3 is 2.58 bits per heavy atom. The third-order valence-corrected chi connectivity index (χ3v) is 6.90. The summed E-state index contributed by atoms with van der Waals surface area (Å²) in [6, 6.07) is 8.84. The molecule has 0 amide bonds. The summed E-state index contributed by atoms with van der Waals surface area (Å²) >= 11 is 0. The van der Waals surface area contributed by atoms with Crippen LogP contribution in [-0.4, -0.2) is 91.5 Å². The van der Waals surface area contributed by atoms with Crippen molar-refractivity contribution in [2.75, 3.05) is 17.7 Å². The van der Waals surface area contributed by atoms with E-state index in [9.17, 15) is 24.9 Å². The number of rotatable bonds is 8. The summed E-state index contributed by atoms with van der Waals surface area (Å²) in [5.74, 6) is -8.63. The number of nitrogens with one attached hydrogen (secondary N) is 1. The Hall–Kier alpha value is -5.04. The molecule has 1 aromatic carbocycles. The van der Waals surface area contributed by atoms with E-state index in [1.54, 1.807) is 6.92 Å². The van der Waals surface area contributed by atoms with Crippen molar-refractivity contribution in [2.45, 2.75) is 49.8 Å². The van der Waals surface area contributed by atoms with E-state index in [2.05, 4.69) is 35.7 Å². The Kier molecular flexibility index (Phi) is 6.97. The predicted octanol–water partition coefficient (Wildman–Crippen LogP) is -1.48. The molecule has 0 aliphatic carbocycles. The molecule has 224 valence electrons. The van der Waals surface area contributed by atoms with Gasteiger partial charge in [0, 0.05) is 12.2 Å². The van der Waals surface area contributed by atoms with Crippen molar-refractivity contribution >= 4 is 34.9 Å². The average Bonchev–Trinajstić information content (AvgIpc) is 3.69. The first-order valence-corrected chi connectivity index (χ1v) is 13.1. The fraction of sp³-hybridized carbons (Fsp3) is 0.360. The first-order valence-electron chi connectivity index (χ1n) is 13.1. The maximum Gasteiger partial charge on any atom is 0.376 e. The third kappa shape index (κ3) is 4.71. The van der Waals surface area contributed by atoms with Crippen molar-refractivity contribution in [1.29, 1.82) is 0 Å². The van der Waals surface area contributed by atoms with Gasteiger partial charge in [-0.15, -0.1) is 10.2 Å². The van der Waals surface area contributed by atoms with E-state index in [0.29, 0.717) is 19.0 Å². The fourth-order valence-electron chi connectivity index (χ4n) is 4.85. The number of nitrogen functional groups attached to an aromatic ring is 1. The molecule has 2 aliphatic rings. The van der Waals surface area contributed by atoms with Crippen LogP contribution in [-0.2, 0) is 42.7 Å². The van der Waals surface area contributed by atoms with Gasteiger partial charge in [0.05, 0.1) is 19.2 Å². The molecule has 18 heteroatoms. The van der Waals surface area contributed by atoms with E-state index >= 15 is 0 Å². The zero-order valence-corrected chi connectivity index (χ0v) is 22.5. The van der Waals surface area contributed by atoms with E-state index in [1.807, 2.05) is 30.3 Å². The number of benzene rings is 1. The number of nitrogens with zero attached hydrogens (tertiary/aromatic N) is 8. The fourth-order valence-corrected chi connectivity index (χ4v) is 4.85. The van der Waals surface area contributed by atoms with E-state index in [-0.39, 0.29) is 35.4 Å². The van der Waals surface area contributed by atoms with Gasteiger partial charge in [0.15, 0.2) is 29.2 Å². The highest BCUT2D eigenvalue weighted by Crippen LogP contribution is 2.52. The number of hydrogen-bond acceptors (Lipinski definition) is 16. The Labute approximate surface area is 241 Å². The van der Waals surface area contributed by atoms with Gasteiger partial charge < -0.3 is 40.6 Å². The molecule has 0 unspecified atom stereocenters. The lowest BCUT2D eigenvalue weighted by molar-refractivity contribution is -0.388. The standard InChI is InChI=1S/C25H26N10O8/c1-2-35-32-21(31-33-35)18-19(39)24(40)25(43-18,42-16(38)9-8-15(37)41-24)34-12-27-17-20(26)29-23(30-22(17)34)28-14(11-36)10-13-6-4-3-5-7-13/h3-9,12,14,18-19,36,39-40H,2,10-11H2,1H3,(H3,26,28,29,30)/b9-8-/t14-,18-,19-,24+,25-/m0/s1. The van der Waals surface area contributed by atoms with Crippen LogP contribution in [0.1, 0.15) is 24.4 Å². The van der Waals surface area contributed by atoms with Crippen LogP contribution in [0.15, 0.2) is 48.8 Å². The van der Waals surface area contributed by atoms with Gasteiger partial charge in [-0.05, 0) is 24.1 Å². The number of esters is 2. The molecule has 6 N–H and O–H groups in total. The van der Waals surface area contributed by atoms with Crippen molar-refractivity contribution in [3.05, 3.63) is 60.2 Å². The molecule has 0 spiro atoms. The molecule has 1 fully saturated rings. The SMILES string of the molecule is CCn1nnc([C@H]2O[C@@]3(n4cnc5c(N)nc(N[C@H](CO)Cc6ccccc6)nc54)OC(=O)/C=C\C(=O)O[C@]3(O)[C@H]2O)n1. The summed E-state index contributed by atoms with van der Waals surface area (Å²) in [5.41, 5.74) is 6.95. The smallest absolute Gasteiger partial charge is 0.376 e. The van der Waals surface area contributed by atoms with E-state index < -0.39 is 41.9 Å². The minimum atomic E-state index is -3.09. The van der Waals surface area contributed by atoms with Gasteiger partial charge in [0.25, 0.3) is 0 Å². The number of ether oxygens (including phenoxy) is 3. The lowest BCUT2D eigenvalue weighted by atomic mass is 10.0. The number of imidazole rings is 1. The minimum Gasteiger partial charge on any atom is -0.418 e. The summed E-state index contributed by atoms with van der Waals surface area (Å²) in [6.07, 6.45) is -0.804. The molecule has 43 heavy (non-hydrogen) atoms. The number of anilines is 2. The second kappa shape index (κ2) is 10.7. The normalized spacial score (nSPS) is 26.7. The predicted molar refractivity (Wildman–Crippen MR) is 142 cm³/mol. The molecule has 5 atom stereocenters. The van der Waals surface area contributed by atoms with Gasteiger partial charge in [-0.3, -0.25) is 0 Å². The molecular formula is C25H26N10O8. The van der Waals surface area contributed by atoms with Crippen LogP contribution < -0.4 is 11.1 Å². The molecule has 4 aromatic rings. The van der Waals surface area contributed by atoms with Crippen molar-refractivity contribution < 1.29 is 39.1 Å². The molecule has 3 aromatic heterocycles. The first-order chi connectivity index (χ1) is 20.7. The highest BCUT2D eigenvalue weighted by Gasteiger charge is 2.75. The number of nitrogens with two attached hydrogens (primary N) is 1. The van der Waals surface area contributed by atoms with Gasteiger partial charge in [-0.1, -0.05) is 30.3 Å². The van der Waals surface area contributed by atoms with Crippen LogP contribution in [0, 0.1) is 0 Å². The third-order valence-electron chi connectivity index (χ3n) is 6.90. The first kappa shape index (κ1) is 28.1. The molecule has 6 rings (SSSR count).